The van der Waals surface area contributed by atoms with E-state index in [0.717, 1.165) is 11.1 Å². The lowest BCUT2D eigenvalue weighted by molar-refractivity contribution is 0.0585. The molecule has 4 heteroatoms. The molecule has 2 N–H and O–H groups in total. The van der Waals surface area contributed by atoms with Crippen LogP contribution in [-0.2, 0) is 5.60 Å². The Labute approximate surface area is 108 Å². The van der Waals surface area contributed by atoms with Crippen LogP contribution in [0.5, 0.6) is 5.75 Å². The van der Waals surface area contributed by atoms with Crippen LogP contribution in [0, 0.1) is 6.92 Å². The first kappa shape index (κ1) is 14.3. The molecule has 96 valence electrons. The molecule has 0 aromatic heterocycles. The molecule has 1 aromatic rings. The zero-order valence-corrected chi connectivity index (χ0v) is 11.6. The SMILES string of the molecule is CCOc1cc(C)c(C(C)(O)CNC)cc1Cl. The molecule has 0 radical (unpaired) electrons. The fourth-order valence-electron chi connectivity index (χ4n) is 1.94. The number of hydrogen-bond acceptors (Lipinski definition) is 3. The molecule has 1 atom stereocenters. The van der Waals surface area contributed by atoms with Crippen molar-refractivity contribution < 1.29 is 9.84 Å². The normalized spacial score (nSPS) is 14.5. The highest BCUT2D eigenvalue weighted by atomic mass is 35.5. The summed E-state index contributed by atoms with van der Waals surface area (Å²) in [6.45, 7) is 6.67. The van der Waals surface area contributed by atoms with Gasteiger partial charge in [-0.25, -0.2) is 0 Å². The molecule has 0 saturated heterocycles. The van der Waals surface area contributed by atoms with E-state index >= 15 is 0 Å². The number of rotatable bonds is 5. The van der Waals surface area contributed by atoms with Gasteiger partial charge in [0.05, 0.1) is 17.2 Å². The first-order chi connectivity index (χ1) is 7.92. The molecule has 0 aliphatic heterocycles. The number of halogens is 1. The Morgan fingerprint density at radius 2 is 2.12 bits per heavy atom. The van der Waals surface area contributed by atoms with E-state index in [1.165, 1.54) is 0 Å². The second-order valence-corrected chi connectivity index (χ2v) is 4.74. The number of likely N-dealkylation sites (N-methyl/N-ethyl adjacent to an activating group) is 1. The maximum atomic E-state index is 10.3. The average molecular weight is 258 g/mol. The largest absolute Gasteiger partial charge is 0.492 e. The van der Waals surface area contributed by atoms with Crippen molar-refractivity contribution in [3.05, 3.63) is 28.3 Å². The van der Waals surface area contributed by atoms with E-state index in [9.17, 15) is 5.11 Å². The summed E-state index contributed by atoms with van der Waals surface area (Å²) < 4.78 is 5.42. The quantitative estimate of drug-likeness (QED) is 0.852. The van der Waals surface area contributed by atoms with Crippen LogP contribution in [0.4, 0.5) is 0 Å². The van der Waals surface area contributed by atoms with E-state index in [1.54, 1.807) is 20.0 Å². The lowest BCUT2D eigenvalue weighted by Gasteiger charge is -2.26. The van der Waals surface area contributed by atoms with Crippen molar-refractivity contribution in [2.24, 2.45) is 0 Å². The zero-order chi connectivity index (χ0) is 13.1. The molecular formula is C13H20ClNO2. The molecule has 0 aliphatic carbocycles. The monoisotopic (exact) mass is 257 g/mol. The Hall–Kier alpha value is -0.770. The lowest BCUT2D eigenvalue weighted by atomic mass is 9.92. The van der Waals surface area contributed by atoms with Crippen molar-refractivity contribution in [3.63, 3.8) is 0 Å². The van der Waals surface area contributed by atoms with Gasteiger partial charge >= 0.3 is 0 Å². The summed E-state index contributed by atoms with van der Waals surface area (Å²) in [5.41, 5.74) is 0.853. The number of aliphatic hydroxyl groups is 1. The van der Waals surface area contributed by atoms with Crippen molar-refractivity contribution in [3.8, 4) is 5.75 Å². The Bertz CT molecular complexity index is 391. The van der Waals surface area contributed by atoms with Crippen molar-refractivity contribution in [1.82, 2.24) is 5.32 Å². The minimum Gasteiger partial charge on any atom is -0.492 e. The van der Waals surface area contributed by atoms with Crippen molar-refractivity contribution in [2.45, 2.75) is 26.4 Å². The fraction of sp³-hybridized carbons (Fsp3) is 0.538. The third kappa shape index (κ3) is 3.35. The van der Waals surface area contributed by atoms with E-state index in [2.05, 4.69) is 5.32 Å². The molecule has 0 spiro atoms. The third-order valence-corrected chi connectivity index (χ3v) is 2.98. The Kier molecular flexibility index (Phi) is 4.80. The van der Waals surface area contributed by atoms with Gasteiger partial charge < -0.3 is 15.2 Å². The molecule has 0 fully saturated rings. The third-order valence-electron chi connectivity index (χ3n) is 2.68. The molecule has 0 amide bonds. The number of ether oxygens (including phenoxy) is 1. The van der Waals surface area contributed by atoms with Crippen LogP contribution in [0.3, 0.4) is 0 Å². The molecule has 0 aliphatic rings. The summed E-state index contributed by atoms with van der Waals surface area (Å²) in [7, 11) is 1.81. The van der Waals surface area contributed by atoms with Crippen LogP contribution >= 0.6 is 11.6 Å². The van der Waals surface area contributed by atoms with Gasteiger partial charge in [-0.1, -0.05) is 11.6 Å². The van der Waals surface area contributed by atoms with Crippen molar-refractivity contribution in [1.29, 1.82) is 0 Å². The second kappa shape index (κ2) is 5.71. The predicted molar refractivity (Wildman–Crippen MR) is 70.9 cm³/mol. The summed E-state index contributed by atoms with van der Waals surface area (Å²) >= 11 is 6.13. The van der Waals surface area contributed by atoms with Gasteiger partial charge in [-0.15, -0.1) is 0 Å². The maximum absolute atomic E-state index is 10.3. The zero-order valence-electron chi connectivity index (χ0n) is 10.8. The van der Waals surface area contributed by atoms with Crippen LogP contribution in [0.25, 0.3) is 0 Å². The topological polar surface area (TPSA) is 41.5 Å². The Morgan fingerprint density at radius 3 is 2.65 bits per heavy atom. The van der Waals surface area contributed by atoms with Gasteiger partial charge in [0.1, 0.15) is 5.75 Å². The summed E-state index contributed by atoms with van der Waals surface area (Å²) in [4.78, 5) is 0. The number of hydrogen-bond donors (Lipinski definition) is 2. The molecule has 1 rings (SSSR count). The van der Waals surface area contributed by atoms with Gasteiger partial charge in [-0.3, -0.25) is 0 Å². The predicted octanol–water partition coefficient (Wildman–Crippen LogP) is 2.47. The van der Waals surface area contributed by atoms with E-state index < -0.39 is 5.60 Å². The minimum atomic E-state index is -0.937. The van der Waals surface area contributed by atoms with E-state index in [0.29, 0.717) is 23.9 Å². The van der Waals surface area contributed by atoms with Gasteiger partial charge in [0.15, 0.2) is 0 Å². The number of nitrogens with one attached hydrogen (secondary N) is 1. The van der Waals surface area contributed by atoms with E-state index in [1.807, 2.05) is 19.9 Å². The first-order valence-corrected chi connectivity index (χ1v) is 6.10. The van der Waals surface area contributed by atoms with Gasteiger partial charge in [-0.2, -0.15) is 0 Å². The van der Waals surface area contributed by atoms with Crippen molar-refractivity contribution in [2.75, 3.05) is 20.2 Å². The average Bonchev–Trinajstić information content (AvgIpc) is 2.23. The highest BCUT2D eigenvalue weighted by Gasteiger charge is 2.25. The Balaban J connectivity index is 3.15. The van der Waals surface area contributed by atoms with Gasteiger partial charge in [0.25, 0.3) is 0 Å². The van der Waals surface area contributed by atoms with E-state index in [4.69, 9.17) is 16.3 Å². The van der Waals surface area contributed by atoms with E-state index in [-0.39, 0.29) is 0 Å². The molecule has 1 aromatic carbocycles. The Morgan fingerprint density at radius 1 is 1.47 bits per heavy atom. The summed E-state index contributed by atoms with van der Waals surface area (Å²) in [5.74, 6) is 0.663. The summed E-state index contributed by atoms with van der Waals surface area (Å²) in [6, 6.07) is 3.64. The molecular weight excluding hydrogens is 238 g/mol. The number of aryl methyl sites for hydroxylation is 1. The van der Waals surface area contributed by atoms with Crippen LogP contribution in [0.1, 0.15) is 25.0 Å². The van der Waals surface area contributed by atoms with Crippen LogP contribution in [-0.4, -0.2) is 25.3 Å². The first-order valence-electron chi connectivity index (χ1n) is 5.72. The minimum absolute atomic E-state index is 0.470. The summed E-state index contributed by atoms with van der Waals surface area (Å²) in [6.07, 6.45) is 0. The highest BCUT2D eigenvalue weighted by Crippen LogP contribution is 2.33. The van der Waals surface area contributed by atoms with Gasteiger partial charge in [0.2, 0.25) is 0 Å². The molecule has 17 heavy (non-hydrogen) atoms. The lowest BCUT2D eigenvalue weighted by Crippen LogP contribution is -2.34. The second-order valence-electron chi connectivity index (χ2n) is 4.33. The molecule has 0 bridgehead atoms. The molecule has 3 nitrogen and oxygen atoms in total. The maximum Gasteiger partial charge on any atom is 0.138 e. The molecule has 0 heterocycles. The smallest absolute Gasteiger partial charge is 0.138 e. The standard InChI is InChI=1S/C13H20ClNO2/c1-5-17-12-6-9(2)10(7-11(12)14)13(3,16)8-15-4/h6-7,15-16H,5,8H2,1-4H3. The van der Waals surface area contributed by atoms with Gasteiger partial charge in [-0.05, 0) is 51.1 Å². The van der Waals surface area contributed by atoms with Crippen LogP contribution in [0.15, 0.2) is 12.1 Å². The molecule has 0 saturated carbocycles. The number of benzene rings is 1. The summed E-state index contributed by atoms with van der Waals surface area (Å²) in [5, 5.41) is 13.8. The highest BCUT2D eigenvalue weighted by molar-refractivity contribution is 6.32. The fourth-order valence-corrected chi connectivity index (χ4v) is 2.16. The van der Waals surface area contributed by atoms with Crippen LogP contribution < -0.4 is 10.1 Å². The van der Waals surface area contributed by atoms with Gasteiger partial charge in [0, 0.05) is 6.54 Å². The van der Waals surface area contributed by atoms with Crippen molar-refractivity contribution >= 4 is 11.6 Å². The molecule has 1 unspecified atom stereocenters. The van der Waals surface area contributed by atoms with Crippen LogP contribution in [0.2, 0.25) is 5.02 Å².